The van der Waals surface area contributed by atoms with Gasteiger partial charge in [0, 0.05) is 17.5 Å². The maximum absolute atomic E-state index is 5.96. The van der Waals surface area contributed by atoms with Gasteiger partial charge in [0.15, 0.2) is 0 Å². The molecular formula is C14H18N4. The van der Waals surface area contributed by atoms with Crippen molar-refractivity contribution in [2.75, 3.05) is 11.9 Å². The Morgan fingerprint density at radius 3 is 2.78 bits per heavy atom. The first-order valence-electron chi connectivity index (χ1n) is 6.52. The topological polar surface area (TPSA) is 63.8 Å². The minimum Gasteiger partial charge on any atom is -0.376 e. The van der Waals surface area contributed by atoms with Gasteiger partial charge >= 0.3 is 0 Å². The summed E-state index contributed by atoms with van der Waals surface area (Å²) in [6, 6.07) is 8.07. The normalized spacial score (nSPS) is 18.1. The summed E-state index contributed by atoms with van der Waals surface area (Å²) in [5, 5.41) is 12.9. The van der Waals surface area contributed by atoms with Gasteiger partial charge in [0.1, 0.15) is 0 Å². The Hall–Kier alpha value is -1.68. The molecule has 0 spiro atoms. The third kappa shape index (κ3) is 1.93. The SMILES string of the molecule is NCC1(Nc2cnnc3ccccc23)CCCC1. The van der Waals surface area contributed by atoms with Crippen molar-refractivity contribution in [2.45, 2.75) is 31.2 Å². The van der Waals surface area contributed by atoms with Crippen molar-refractivity contribution >= 4 is 16.6 Å². The number of anilines is 1. The molecule has 1 fully saturated rings. The van der Waals surface area contributed by atoms with Crippen LogP contribution in [-0.2, 0) is 0 Å². The molecule has 2 aromatic rings. The third-order valence-electron chi connectivity index (χ3n) is 3.90. The zero-order valence-electron chi connectivity index (χ0n) is 10.4. The molecule has 1 aromatic carbocycles. The van der Waals surface area contributed by atoms with Crippen molar-refractivity contribution in [1.29, 1.82) is 0 Å². The lowest BCUT2D eigenvalue weighted by Gasteiger charge is -2.30. The van der Waals surface area contributed by atoms with Gasteiger partial charge in [0.05, 0.1) is 17.4 Å². The standard InChI is InChI=1S/C14H18N4/c15-10-14(7-3-4-8-14)17-13-9-16-18-12-6-2-1-5-11(12)13/h1-2,5-6,9H,3-4,7-8,10,15H2,(H,17,18). The highest BCUT2D eigenvalue weighted by atomic mass is 15.1. The predicted octanol–water partition coefficient (Wildman–Crippen LogP) is 2.31. The van der Waals surface area contributed by atoms with Crippen LogP contribution in [0.4, 0.5) is 5.69 Å². The van der Waals surface area contributed by atoms with Crippen LogP contribution in [0, 0.1) is 0 Å². The number of rotatable bonds is 3. The van der Waals surface area contributed by atoms with E-state index in [4.69, 9.17) is 5.73 Å². The molecule has 0 amide bonds. The van der Waals surface area contributed by atoms with Crippen molar-refractivity contribution in [1.82, 2.24) is 10.2 Å². The van der Waals surface area contributed by atoms with Gasteiger partial charge in [-0.2, -0.15) is 10.2 Å². The molecule has 1 aromatic heterocycles. The summed E-state index contributed by atoms with van der Waals surface area (Å²) >= 11 is 0. The number of fused-ring (bicyclic) bond motifs is 1. The molecule has 0 saturated heterocycles. The molecule has 1 heterocycles. The highest BCUT2D eigenvalue weighted by Crippen LogP contribution is 2.33. The molecule has 3 rings (SSSR count). The number of benzene rings is 1. The van der Waals surface area contributed by atoms with Crippen LogP contribution in [0.15, 0.2) is 30.5 Å². The van der Waals surface area contributed by atoms with Crippen LogP contribution in [0.3, 0.4) is 0 Å². The molecule has 0 radical (unpaired) electrons. The second-order valence-electron chi connectivity index (χ2n) is 5.09. The molecule has 94 valence electrons. The summed E-state index contributed by atoms with van der Waals surface area (Å²) in [7, 11) is 0. The van der Waals surface area contributed by atoms with Crippen molar-refractivity contribution in [2.24, 2.45) is 5.73 Å². The van der Waals surface area contributed by atoms with Crippen LogP contribution >= 0.6 is 0 Å². The minimum absolute atomic E-state index is 0.0474. The molecule has 0 unspecified atom stereocenters. The van der Waals surface area contributed by atoms with Gasteiger partial charge < -0.3 is 11.1 Å². The summed E-state index contributed by atoms with van der Waals surface area (Å²) < 4.78 is 0. The average molecular weight is 242 g/mol. The van der Waals surface area contributed by atoms with Gasteiger partial charge in [-0.05, 0) is 18.9 Å². The lowest BCUT2D eigenvalue weighted by atomic mass is 9.97. The average Bonchev–Trinajstić information content (AvgIpc) is 2.88. The third-order valence-corrected chi connectivity index (χ3v) is 3.90. The molecule has 0 atom stereocenters. The first-order chi connectivity index (χ1) is 8.83. The van der Waals surface area contributed by atoms with E-state index in [1.165, 1.54) is 12.8 Å². The molecule has 3 N–H and O–H groups in total. The monoisotopic (exact) mass is 242 g/mol. The van der Waals surface area contributed by atoms with Gasteiger partial charge in [0.25, 0.3) is 0 Å². The molecule has 1 aliphatic rings. The smallest absolute Gasteiger partial charge is 0.0950 e. The summed E-state index contributed by atoms with van der Waals surface area (Å²) in [4.78, 5) is 0. The lowest BCUT2D eigenvalue weighted by molar-refractivity contribution is 0.493. The Morgan fingerprint density at radius 1 is 1.22 bits per heavy atom. The molecule has 4 nitrogen and oxygen atoms in total. The zero-order valence-corrected chi connectivity index (χ0v) is 10.4. The second kappa shape index (κ2) is 4.53. The Kier molecular flexibility index (Phi) is 2.88. The van der Waals surface area contributed by atoms with Crippen LogP contribution in [0.25, 0.3) is 10.9 Å². The van der Waals surface area contributed by atoms with Crippen LogP contribution in [0.1, 0.15) is 25.7 Å². The Balaban J connectivity index is 1.99. The number of hydrogen-bond donors (Lipinski definition) is 2. The van der Waals surface area contributed by atoms with E-state index < -0.39 is 0 Å². The number of aromatic nitrogens is 2. The maximum atomic E-state index is 5.96. The van der Waals surface area contributed by atoms with Gasteiger partial charge in [-0.25, -0.2) is 0 Å². The van der Waals surface area contributed by atoms with E-state index in [9.17, 15) is 0 Å². The fourth-order valence-corrected chi connectivity index (χ4v) is 2.82. The number of nitrogens with one attached hydrogen (secondary N) is 1. The van der Waals surface area contributed by atoms with Crippen molar-refractivity contribution in [3.8, 4) is 0 Å². The van der Waals surface area contributed by atoms with Gasteiger partial charge in [-0.15, -0.1) is 0 Å². The summed E-state index contributed by atoms with van der Waals surface area (Å²) in [5.74, 6) is 0. The van der Waals surface area contributed by atoms with E-state index in [2.05, 4.69) is 21.6 Å². The van der Waals surface area contributed by atoms with E-state index in [0.29, 0.717) is 6.54 Å². The van der Waals surface area contributed by atoms with Gasteiger partial charge in [0.2, 0.25) is 0 Å². The van der Waals surface area contributed by atoms with E-state index in [-0.39, 0.29) is 5.54 Å². The first-order valence-corrected chi connectivity index (χ1v) is 6.52. The molecule has 18 heavy (non-hydrogen) atoms. The quantitative estimate of drug-likeness (QED) is 0.867. The fraction of sp³-hybridized carbons (Fsp3) is 0.429. The highest BCUT2D eigenvalue weighted by Gasteiger charge is 2.32. The summed E-state index contributed by atoms with van der Waals surface area (Å²) in [6.07, 6.45) is 6.58. The van der Waals surface area contributed by atoms with E-state index in [1.54, 1.807) is 6.20 Å². The number of hydrogen-bond acceptors (Lipinski definition) is 4. The summed E-state index contributed by atoms with van der Waals surface area (Å²) in [5.41, 5.74) is 7.98. The van der Waals surface area contributed by atoms with Crippen molar-refractivity contribution in [3.05, 3.63) is 30.5 Å². The molecule has 1 saturated carbocycles. The van der Waals surface area contributed by atoms with Crippen molar-refractivity contribution in [3.63, 3.8) is 0 Å². The lowest BCUT2D eigenvalue weighted by Crippen LogP contribution is -2.42. The number of nitrogens with two attached hydrogens (primary N) is 1. The molecule has 0 bridgehead atoms. The van der Waals surface area contributed by atoms with Gasteiger partial charge in [-0.1, -0.05) is 31.0 Å². The van der Waals surface area contributed by atoms with E-state index >= 15 is 0 Å². The molecule has 1 aliphatic carbocycles. The Labute approximate surface area is 107 Å². The molecular weight excluding hydrogens is 224 g/mol. The van der Waals surface area contributed by atoms with Crippen molar-refractivity contribution < 1.29 is 0 Å². The Bertz CT molecular complexity index is 541. The van der Waals surface area contributed by atoms with Gasteiger partial charge in [-0.3, -0.25) is 0 Å². The van der Waals surface area contributed by atoms with Crippen LogP contribution < -0.4 is 11.1 Å². The second-order valence-corrected chi connectivity index (χ2v) is 5.09. The largest absolute Gasteiger partial charge is 0.376 e. The molecule has 0 aliphatic heterocycles. The van der Waals surface area contributed by atoms with E-state index in [0.717, 1.165) is 29.4 Å². The highest BCUT2D eigenvalue weighted by molar-refractivity contribution is 5.90. The maximum Gasteiger partial charge on any atom is 0.0950 e. The van der Waals surface area contributed by atoms with Crippen LogP contribution in [0.2, 0.25) is 0 Å². The fourth-order valence-electron chi connectivity index (χ4n) is 2.82. The summed E-state index contributed by atoms with van der Waals surface area (Å²) in [6.45, 7) is 0.670. The zero-order chi connectivity index (χ0) is 12.4. The van der Waals surface area contributed by atoms with Crippen LogP contribution in [-0.4, -0.2) is 22.3 Å². The molecule has 4 heteroatoms. The number of nitrogens with zero attached hydrogens (tertiary/aromatic N) is 2. The van der Waals surface area contributed by atoms with Crippen LogP contribution in [0.5, 0.6) is 0 Å². The minimum atomic E-state index is 0.0474. The van der Waals surface area contributed by atoms with E-state index in [1.807, 2.05) is 18.2 Å². The first kappa shape index (κ1) is 11.4. The predicted molar refractivity (Wildman–Crippen MR) is 73.4 cm³/mol. The Morgan fingerprint density at radius 2 is 2.00 bits per heavy atom.